The fourth-order valence-corrected chi connectivity index (χ4v) is 1.36. The molecule has 0 saturated heterocycles. The Bertz CT molecular complexity index is 379. The van der Waals surface area contributed by atoms with Crippen LogP contribution in [0.25, 0.3) is 0 Å². The second kappa shape index (κ2) is 6.52. The van der Waals surface area contributed by atoms with Crippen molar-refractivity contribution < 1.29 is 14.3 Å². The van der Waals surface area contributed by atoms with Crippen molar-refractivity contribution in [1.82, 2.24) is 5.32 Å². The van der Waals surface area contributed by atoms with Gasteiger partial charge in [-0.3, -0.25) is 10.1 Å². The summed E-state index contributed by atoms with van der Waals surface area (Å²) >= 11 is 0. The molecule has 1 rings (SSSR count). The summed E-state index contributed by atoms with van der Waals surface area (Å²) in [6, 6.07) is 9.48. The van der Waals surface area contributed by atoms with E-state index in [1.807, 2.05) is 37.3 Å². The molecule has 5 heteroatoms. The quantitative estimate of drug-likeness (QED) is 0.835. The molecule has 0 aliphatic rings. The van der Waals surface area contributed by atoms with Crippen molar-refractivity contribution in [3.05, 3.63) is 30.3 Å². The van der Waals surface area contributed by atoms with Gasteiger partial charge in [0.25, 0.3) is 0 Å². The molecule has 92 valence electrons. The van der Waals surface area contributed by atoms with E-state index in [0.717, 1.165) is 5.69 Å². The van der Waals surface area contributed by atoms with Gasteiger partial charge in [-0.15, -0.1) is 0 Å². The number of carbonyl (C=O) groups is 2. The number of hydrogen-bond donors (Lipinski definition) is 2. The van der Waals surface area contributed by atoms with Crippen LogP contribution in [-0.4, -0.2) is 25.2 Å². The maximum atomic E-state index is 11.4. The minimum atomic E-state index is -0.734. The van der Waals surface area contributed by atoms with Crippen LogP contribution in [0.3, 0.4) is 0 Å². The summed E-state index contributed by atoms with van der Waals surface area (Å²) in [5, 5.41) is 5.26. The van der Waals surface area contributed by atoms with Gasteiger partial charge in [-0.25, -0.2) is 4.79 Å². The van der Waals surface area contributed by atoms with Crippen LogP contribution in [0.5, 0.6) is 0 Å². The highest BCUT2D eigenvalue weighted by Crippen LogP contribution is 2.08. The number of para-hydroxylation sites is 1. The number of imide groups is 1. The minimum Gasteiger partial charge on any atom is -0.453 e. The number of carbonyl (C=O) groups excluding carboxylic acids is 2. The lowest BCUT2D eigenvalue weighted by Crippen LogP contribution is -2.33. The van der Waals surface area contributed by atoms with E-state index in [0.29, 0.717) is 0 Å². The van der Waals surface area contributed by atoms with Crippen LogP contribution in [0.4, 0.5) is 10.5 Å². The molecule has 0 aromatic heterocycles. The lowest BCUT2D eigenvalue weighted by Gasteiger charge is -2.14. The van der Waals surface area contributed by atoms with E-state index >= 15 is 0 Å². The number of ether oxygens (including phenoxy) is 1. The molecule has 0 saturated carbocycles. The topological polar surface area (TPSA) is 67.4 Å². The first kappa shape index (κ1) is 13.0. The van der Waals surface area contributed by atoms with E-state index in [1.54, 1.807) is 0 Å². The SMILES string of the molecule is COC(=O)NC(=O)CC(C)Nc1ccccc1. The van der Waals surface area contributed by atoms with E-state index in [-0.39, 0.29) is 18.4 Å². The average molecular weight is 236 g/mol. The highest BCUT2D eigenvalue weighted by atomic mass is 16.5. The van der Waals surface area contributed by atoms with Crippen LogP contribution >= 0.6 is 0 Å². The van der Waals surface area contributed by atoms with Gasteiger partial charge in [-0.1, -0.05) is 18.2 Å². The molecule has 1 aromatic carbocycles. The molecule has 1 unspecified atom stereocenters. The molecule has 17 heavy (non-hydrogen) atoms. The number of methoxy groups -OCH3 is 1. The molecule has 1 atom stereocenters. The summed E-state index contributed by atoms with van der Waals surface area (Å²) in [6.45, 7) is 1.86. The maximum Gasteiger partial charge on any atom is 0.413 e. The first-order valence-corrected chi connectivity index (χ1v) is 5.31. The second-order valence-electron chi connectivity index (χ2n) is 3.66. The van der Waals surface area contributed by atoms with Gasteiger partial charge in [0.1, 0.15) is 0 Å². The molecule has 0 radical (unpaired) electrons. The zero-order chi connectivity index (χ0) is 12.7. The molecule has 0 heterocycles. The van der Waals surface area contributed by atoms with Crippen molar-refractivity contribution in [1.29, 1.82) is 0 Å². The fraction of sp³-hybridized carbons (Fsp3) is 0.333. The molecule has 0 aliphatic carbocycles. The predicted molar refractivity (Wildman–Crippen MR) is 64.7 cm³/mol. The molecular weight excluding hydrogens is 220 g/mol. The van der Waals surface area contributed by atoms with Crippen LogP contribution in [0.15, 0.2) is 30.3 Å². The second-order valence-corrected chi connectivity index (χ2v) is 3.66. The lowest BCUT2D eigenvalue weighted by molar-refractivity contribution is -0.120. The summed E-state index contributed by atoms with van der Waals surface area (Å²) in [5.74, 6) is -0.368. The third kappa shape index (κ3) is 5.01. The Morgan fingerprint density at radius 2 is 1.94 bits per heavy atom. The van der Waals surface area contributed by atoms with Gasteiger partial charge in [-0.05, 0) is 19.1 Å². The predicted octanol–water partition coefficient (Wildman–Crippen LogP) is 1.76. The third-order valence-electron chi connectivity index (χ3n) is 2.11. The van der Waals surface area contributed by atoms with E-state index in [9.17, 15) is 9.59 Å². The van der Waals surface area contributed by atoms with Gasteiger partial charge >= 0.3 is 6.09 Å². The van der Waals surface area contributed by atoms with Crippen molar-refractivity contribution in [2.45, 2.75) is 19.4 Å². The molecule has 0 bridgehead atoms. The molecular formula is C12H16N2O3. The minimum absolute atomic E-state index is 0.0675. The fourth-order valence-electron chi connectivity index (χ4n) is 1.36. The summed E-state index contributed by atoms with van der Waals surface area (Å²) in [5.41, 5.74) is 0.936. The molecule has 5 nitrogen and oxygen atoms in total. The largest absolute Gasteiger partial charge is 0.453 e. The molecule has 0 fully saturated rings. The normalized spacial score (nSPS) is 11.4. The van der Waals surface area contributed by atoms with E-state index in [4.69, 9.17) is 0 Å². The van der Waals surface area contributed by atoms with Crippen LogP contribution in [0.2, 0.25) is 0 Å². The van der Waals surface area contributed by atoms with E-state index in [1.165, 1.54) is 7.11 Å². The third-order valence-corrected chi connectivity index (χ3v) is 2.11. The van der Waals surface area contributed by atoms with Gasteiger partial charge in [0.15, 0.2) is 0 Å². The lowest BCUT2D eigenvalue weighted by atomic mass is 10.2. The Morgan fingerprint density at radius 3 is 2.53 bits per heavy atom. The Hall–Kier alpha value is -2.04. The van der Waals surface area contributed by atoms with Gasteiger partial charge in [0.2, 0.25) is 5.91 Å². The number of alkyl carbamates (subject to hydrolysis) is 1. The summed E-state index contributed by atoms with van der Waals surface area (Å²) in [7, 11) is 1.22. The van der Waals surface area contributed by atoms with Gasteiger partial charge in [0, 0.05) is 18.2 Å². The summed E-state index contributed by atoms with van der Waals surface area (Å²) in [4.78, 5) is 22.1. The Morgan fingerprint density at radius 1 is 1.29 bits per heavy atom. The van der Waals surface area contributed by atoms with Crippen LogP contribution in [-0.2, 0) is 9.53 Å². The molecule has 0 aliphatic heterocycles. The van der Waals surface area contributed by atoms with Crippen molar-refractivity contribution in [2.75, 3.05) is 12.4 Å². The summed E-state index contributed by atoms with van der Waals surface area (Å²) < 4.78 is 4.33. The number of benzene rings is 1. The number of amides is 2. The number of hydrogen-bond acceptors (Lipinski definition) is 4. The van der Waals surface area contributed by atoms with E-state index < -0.39 is 6.09 Å². The zero-order valence-electron chi connectivity index (χ0n) is 9.90. The molecule has 2 N–H and O–H groups in total. The highest BCUT2D eigenvalue weighted by molar-refractivity contribution is 5.92. The van der Waals surface area contributed by atoms with Gasteiger partial charge in [-0.2, -0.15) is 0 Å². The number of nitrogens with one attached hydrogen (secondary N) is 2. The van der Waals surface area contributed by atoms with E-state index in [2.05, 4.69) is 15.4 Å². The van der Waals surface area contributed by atoms with Crippen LogP contribution < -0.4 is 10.6 Å². The van der Waals surface area contributed by atoms with Crippen molar-refractivity contribution >= 4 is 17.7 Å². The Balaban J connectivity index is 2.37. The average Bonchev–Trinajstić information content (AvgIpc) is 2.29. The Kier molecular flexibility index (Phi) is 5.00. The van der Waals surface area contributed by atoms with Crippen molar-refractivity contribution in [3.8, 4) is 0 Å². The number of anilines is 1. The smallest absolute Gasteiger partial charge is 0.413 e. The number of rotatable bonds is 4. The van der Waals surface area contributed by atoms with Crippen molar-refractivity contribution in [2.24, 2.45) is 0 Å². The monoisotopic (exact) mass is 236 g/mol. The highest BCUT2D eigenvalue weighted by Gasteiger charge is 2.11. The van der Waals surface area contributed by atoms with Gasteiger partial charge in [0.05, 0.1) is 7.11 Å². The van der Waals surface area contributed by atoms with Crippen LogP contribution in [0.1, 0.15) is 13.3 Å². The molecule has 0 spiro atoms. The zero-order valence-corrected chi connectivity index (χ0v) is 9.90. The first-order chi connectivity index (χ1) is 8.11. The molecule has 1 aromatic rings. The first-order valence-electron chi connectivity index (χ1n) is 5.31. The Labute approximate surface area is 100 Å². The molecule has 2 amide bonds. The van der Waals surface area contributed by atoms with Crippen LogP contribution in [0, 0.1) is 0 Å². The maximum absolute atomic E-state index is 11.4. The standard InChI is InChI=1S/C12H16N2O3/c1-9(8-11(15)14-12(16)17-2)13-10-6-4-3-5-7-10/h3-7,9,13H,8H2,1-2H3,(H,14,15,16). The van der Waals surface area contributed by atoms with Gasteiger partial charge < -0.3 is 10.1 Å². The van der Waals surface area contributed by atoms with Crippen molar-refractivity contribution in [3.63, 3.8) is 0 Å². The summed E-state index contributed by atoms with van der Waals surface area (Å²) in [6.07, 6.45) is -0.536.